The molecule has 1 aliphatic heterocycles. The standard InChI is InChI=1S/C15H31NO3Si/c1-14(2,3)18-13(17)12-9-11(10-16-12)19-20(7,8)15(4,5)6/h11-12,16H,9-10H2,1-8H3/t11-,12+/m1/s1. The second-order valence-corrected chi connectivity index (χ2v) is 13.0. The summed E-state index contributed by atoms with van der Waals surface area (Å²) >= 11 is 0. The van der Waals surface area contributed by atoms with E-state index < -0.39 is 13.9 Å². The van der Waals surface area contributed by atoms with E-state index in [-0.39, 0.29) is 23.2 Å². The molecule has 5 heteroatoms. The average molecular weight is 302 g/mol. The number of carbonyl (C=O) groups excluding carboxylic acids is 1. The summed E-state index contributed by atoms with van der Waals surface area (Å²) in [5.41, 5.74) is -0.433. The summed E-state index contributed by atoms with van der Waals surface area (Å²) < 4.78 is 11.8. The van der Waals surface area contributed by atoms with Crippen LogP contribution in [0, 0.1) is 0 Å². The fourth-order valence-electron chi connectivity index (χ4n) is 1.94. The molecule has 1 heterocycles. The first-order chi connectivity index (χ1) is 8.82. The Morgan fingerprint density at radius 1 is 1.15 bits per heavy atom. The summed E-state index contributed by atoms with van der Waals surface area (Å²) in [6.07, 6.45) is 0.829. The highest BCUT2D eigenvalue weighted by atomic mass is 28.4. The topological polar surface area (TPSA) is 47.6 Å². The monoisotopic (exact) mass is 301 g/mol. The van der Waals surface area contributed by atoms with Crippen molar-refractivity contribution in [3.63, 3.8) is 0 Å². The van der Waals surface area contributed by atoms with Gasteiger partial charge >= 0.3 is 5.97 Å². The zero-order chi connectivity index (χ0) is 15.8. The predicted molar refractivity (Wildman–Crippen MR) is 84.3 cm³/mol. The molecule has 0 aromatic heterocycles. The zero-order valence-electron chi connectivity index (χ0n) is 14.3. The molecule has 0 bridgehead atoms. The molecule has 0 aromatic carbocycles. The molecule has 0 aliphatic carbocycles. The molecular formula is C15H31NO3Si. The second kappa shape index (κ2) is 5.77. The van der Waals surface area contributed by atoms with E-state index in [4.69, 9.17) is 9.16 Å². The Kier molecular flexibility index (Phi) is 5.10. The highest BCUT2D eigenvalue weighted by molar-refractivity contribution is 6.74. The maximum Gasteiger partial charge on any atom is 0.323 e. The molecule has 0 aromatic rings. The molecule has 1 aliphatic rings. The molecule has 118 valence electrons. The van der Waals surface area contributed by atoms with Crippen molar-refractivity contribution in [3.8, 4) is 0 Å². The molecule has 20 heavy (non-hydrogen) atoms. The Morgan fingerprint density at radius 2 is 1.70 bits per heavy atom. The lowest BCUT2D eigenvalue weighted by atomic mass is 10.1. The summed E-state index contributed by atoms with van der Waals surface area (Å²) in [6.45, 7) is 17.6. The normalized spacial score (nSPS) is 24.8. The van der Waals surface area contributed by atoms with Gasteiger partial charge in [-0.05, 0) is 45.3 Å². The number of ether oxygens (including phenoxy) is 1. The Bertz CT molecular complexity index is 355. The van der Waals surface area contributed by atoms with Gasteiger partial charge in [0.15, 0.2) is 8.32 Å². The molecule has 4 nitrogen and oxygen atoms in total. The third-order valence-corrected chi connectivity index (χ3v) is 8.58. The van der Waals surface area contributed by atoms with Crippen molar-refractivity contribution < 1.29 is 14.0 Å². The zero-order valence-corrected chi connectivity index (χ0v) is 15.3. The van der Waals surface area contributed by atoms with Crippen LogP contribution in [0.5, 0.6) is 0 Å². The number of hydrogen-bond acceptors (Lipinski definition) is 4. The summed E-state index contributed by atoms with van der Waals surface area (Å²) in [7, 11) is -1.77. The van der Waals surface area contributed by atoms with E-state index in [1.54, 1.807) is 0 Å². The van der Waals surface area contributed by atoms with Crippen molar-refractivity contribution in [3.05, 3.63) is 0 Å². The number of esters is 1. The van der Waals surface area contributed by atoms with Crippen LogP contribution in [-0.4, -0.2) is 38.6 Å². The van der Waals surface area contributed by atoms with E-state index in [9.17, 15) is 4.79 Å². The van der Waals surface area contributed by atoms with E-state index in [0.29, 0.717) is 6.42 Å². The number of hydrogen-bond donors (Lipinski definition) is 1. The van der Waals surface area contributed by atoms with E-state index >= 15 is 0 Å². The Morgan fingerprint density at radius 3 is 2.15 bits per heavy atom. The SMILES string of the molecule is CC(C)(C)OC(=O)[C@@H]1C[C@@H](O[Si](C)(C)C(C)(C)C)CN1. The van der Waals surface area contributed by atoms with Gasteiger partial charge in [0.2, 0.25) is 0 Å². The van der Waals surface area contributed by atoms with Crippen molar-refractivity contribution >= 4 is 14.3 Å². The minimum absolute atomic E-state index is 0.119. The van der Waals surface area contributed by atoms with E-state index in [1.165, 1.54) is 0 Å². The molecular weight excluding hydrogens is 270 g/mol. The first kappa shape index (κ1) is 17.7. The summed E-state index contributed by atoms with van der Waals surface area (Å²) in [4.78, 5) is 12.0. The van der Waals surface area contributed by atoms with Gasteiger partial charge in [0.05, 0.1) is 6.10 Å². The highest BCUT2D eigenvalue weighted by Crippen LogP contribution is 2.38. The van der Waals surface area contributed by atoms with Crippen LogP contribution < -0.4 is 5.32 Å². The molecule has 1 rings (SSSR count). The first-order valence-electron chi connectivity index (χ1n) is 7.46. The Balaban J connectivity index is 2.54. The average Bonchev–Trinajstić information content (AvgIpc) is 2.60. The third kappa shape index (κ3) is 4.86. The lowest BCUT2D eigenvalue weighted by Crippen LogP contribution is -2.44. The summed E-state index contributed by atoms with van der Waals surface area (Å²) in [5.74, 6) is -0.168. The summed E-state index contributed by atoms with van der Waals surface area (Å²) in [5, 5.41) is 3.42. The fraction of sp³-hybridized carbons (Fsp3) is 0.933. The minimum atomic E-state index is -1.77. The van der Waals surface area contributed by atoms with Crippen molar-refractivity contribution in [1.29, 1.82) is 0 Å². The molecule has 1 fully saturated rings. The van der Waals surface area contributed by atoms with Crippen LogP contribution in [-0.2, 0) is 14.0 Å². The van der Waals surface area contributed by atoms with Crippen LogP contribution in [0.15, 0.2) is 0 Å². The highest BCUT2D eigenvalue weighted by Gasteiger charge is 2.42. The van der Waals surface area contributed by atoms with Crippen molar-refractivity contribution in [1.82, 2.24) is 5.32 Å². The van der Waals surface area contributed by atoms with Crippen LogP contribution in [0.25, 0.3) is 0 Å². The quantitative estimate of drug-likeness (QED) is 0.643. The Labute approximate surface area is 124 Å². The fourth-order valence-corrected chi connectivity index (χ4v) is 3.31. The van der Waals surface area contributed by atoms with Gasteiger partial charge in [0, 0.05) is 6.54 Å². The minimum Gasteiger partial charge on any atom is -0.459 e. The van der Waals surface area contributed by atoms with E-state index in [1.807, 2.05) is 20.8 Å². The lowest BCUT2D eigenvalue weighted by Gasteiger charge is -2.38. The van der Waals surface area contributed by atoms with Gasteiger partial charge in [-0.15, -0.1) is 0 Å². The van der Waals surface area contributed by atoms with Crippen molar-refractivity contribution in [2.45, 2.75) is 83.8 Å². The smallest absolute Gasteiger partial charge is 0.323 e. The molecule has 1 saturated heterocycles. The van der Waals surface area contributed by atoms with Gasteiger partial charge < -0.3 is 14.5 Å². The number of rotatable bonds is 3. The third-order valence-electron chi connectivity index (χ3n) is 4.05. The maximum atomic E-state index is 12.0. The number of carbonyl (C=O) groups is 1. The van der Waals surface area contributed by atoms with E-state index in [2.05, 4.69) is 39.2 Å². The largest absolute Gasteiger partial charge is 0.459 e. The second-order valence-electron chi connectivity index (χ2n) is 8.23. The van der Waals surface area contributed by atoms with Crippen molar-refractivity contribution in [2.75, 3.05) is 6.54 Å². The molecule has 0 spiro atoms. The molecule has 0 saturated carbocycles. The number of nitrogens with one attached hydrogen (secondary N) is 1. The van der Waals surface area contributed by atoms with Crippen LogP contribution in [0.3, 0.4) is 0 Å². The molecule has 1 N–H and O–H groups in total. The van der Waals surface area contributed by atoms with Crippen LogP contribution in [0.1, 0.15) is 48.0 Å². The van der Waals surface area contributed by atoms with Crippen molar-refractivity contribution in [2.24, 2.45) is 0 Å². The molecule has 2 atom stereocenters. The van der Waals surface area contributed by atoms with Crippen LogP contribution >= 0.6 is 0 Å². The van der Waals surface area contributed by atoms with Gasteiger partial charge in [0.25, 0.3) is 0 Å². The van der Waals surface area contributed by atoms with Gasteiger partial charge in [-0.2, -0.15) is 0 Å². The lowest BCUT2D eigenvalue weighted by molar-refractivity contribution is -0.157. The van der Waals surface area contributed by atoms with Gasteiger partial charge in [-0.3, -0.25) is 4.79 Å². The van der Waals surface area contributed by atoms with Gasteiger partial charge in [-0.1, -0.05) is 20.8 Å². The van der Waals surface area contributed by atoms with Gasteiger partial charge in [0.1, 0.15) is 11.6 Å². The summed E-state index contributed by atoms with van der Waals surface area (Å²) in [6, 6.07) is -0.232. The molecule has 0 radical (unpaired) electrons. The molecule has 0 unspecified atom stereocenters. The van der Waals surface area contributed by atoms with Crippen LogP contribution in [0.4, 0.5) is 0 Å². The predicted octanol–water partition coefficient (Wildman–Crippen LogP) is 3.08. The molecule has 0 amide bonds. The van der Waals surface area contributed by atoms with Crippen LogP contribution in [0.2, 0.25) is 18.1 Å². The first-order valence-corrected chi connectivity index (χ1v) is 10.4. The maximum absolute atomic E-state index is 12.0. The van der Waals surface area contributed by atoms with Gasteiger partial charge in [-0.25, -0.2) is 0 Å². The Hall–Kier alpha value is -0.393. The van der Waals surface area contributed by atoms with E-state index in [0.717, 1.165) is 6.54 Å².